The summed E-state index contributed by atoms with van der Waals surface area (Å²) in [7, 11) is 0. The summed E-state index contributed by atoms with van der Waals surface area (Å²) in [6.45, 7) is 16.3. The summed E-state index contributed by atoms with van der Waals surface area (Å²) in [4.78, 5) is 2.53. The van der Waals surface area contributed by atoms with E-state index in [1.54, 1.807) is 0 Å². The number of likely N-dealkylation sites (N-methyl/N-ethyl adjacent to an activating group) is 1. The smallest absolute Gasteiger partial charge is 0.0518 e. The molecule has 0 aliphatic heterocycles. The van der Waals surface area contributed by atoms with E-state index in [0.717, 1.165) is 39.2 Å². The first-order chi connectivity index (χ1) is 8.11. The van der Waals surface area contributed by atoms with E-state index in [4.69, 9.17) is 4.74 Å². The van der Waals surface area contributed by atoms with Gasteiger partial charge in [0.2, 0.25) is 0 Å². The number of hydrogen-bond donors (Lipinski definition) is 1. The second kappa shape index (κ2) is 11.0. The highest BCUT2D eigenvalue weighted by Gasteiger charge is 2.08. The van der Waals surface area contributed by atoms with Crippen LogP contribution in [0.4, 0.5) is 0 Å². The molecule has 0 heterocycles. The maximum atomic E-state index is 5.50. The highest BCUT2D eigenvalue weighted by Crippen LogP contribution is 2.01. The van der Waals surface area contributed by atoms with Crippen LogP contribution in [0.3, 0.4) is 0 Å². The van der Waals surface area contributed by atoms with Gasteiger partial charge in [-0.25, -0.2) is 0 Å². The number of rotatable bonds is 11. The molecule has 0 aliphatic rings. The van der Waals surface area contributed by atoms with E-state index in [0.29, 0.717) is 12.1 Å². The SMILES string of the molecule is CCC(C)N(CC)CCNCCCOC(C)C. The Hall–Kier alpha value is -0.120. The van der Waals surface area contributed by atoms with Crippen LogP contribution in [0.1, 0.15) is 47.5 Å². The lowest BCUT2D eigenvalue weighted by molar-refractivity contribution is 0.0769. The Morgan fingerprint density at radius 2 is 1.82 bits per heavy atom. The molecule has 0 saturated heterocycles. The van der Waals surface area contributed by atoms with Gasteiger partial charge in [-0.2, -0.15) is 0 Å². The van der Waals surface area contributed by atoms with Crippen LogP contribution >= 0.6 is 0 Å². The molecule has 0 aromatic rings. The predicted octanol–water partition coefficient (Wildman–Crippen LogP) is 2.51. The van der Waals surface area contributed by atoms with Crippen LogP contribution < -0.4 is 5.32 Å². The van der Waals surface area contributed by atoms with Gasteiger partial charge in [0.05, 0.1) is 6.10 Å². The Labute approximate surface area is 108 Å². The Morgan fingerprint density at radius 3 is 2.35 bits per heavy atom. The summed E-state index contributed by atoms with van der Waals surface area (Å²) in [6, 6.07) is 0.700. The molecule has 0 saturated carbocycles. The van der Waals surface area contributed by atoms with Crippen molar-refractivity contribution in [3.8, 4) is 0 Å². The lowest BCUT2D eigenvalue weighted by Gasteiger charge is -2.26. The van der Waals surface area contributed by atoms with E-state index in [1.165, 1.54) is 6.42 Å². The first-order valence-corrected chi connectivity index (χ1v) is 7.18. The fourth-order valence-corrected chi connectivity index (χ4v) is 1.81. The maximum Gasteiger partial charge on any atom is 0.0518 e. The van der Waals surface area contributed by atoms with E-state index in [1.807, 2.05) is 0 Å². The molecule has 0 amide bonds. The third-order valence-corrected chi connectivity index (χ3v) is 3.15. The molecule has 0 fully saturated rings. The molecule has 104 valence electrons. The van der Waals surface area contributed by atoms with Crippen molar-refractivity contribution in [1.82, 2.24) is 10.2 Å². The van der Waals surface area contributed by atoms with E-state index in [2.05, 4.69) is 44.8 Å². The second-order valence-electron chi connectivity index (χ2n) is 4.91. The van der Waals surface area contributed by atoms with Crippen molar-refractivity contribution < 1.29 is 4.74 Å². The maximum absolute atomic E-state index is 5.50. The van der Waals surface area contributed by atoms with Gasteiger partial charge in [-0.3, -0.25) is 4.90 Å². The van der Waals surface area contributed by atoms with Crippen molar-refractivity contribution >= 4 is 0 Å². The van der Waals surface area contributed by atoms with Crippen molar-refractivity contribution in [3.05, 3.63) is 0 Å². The van der Waals surface area contributed by atoms with Crippen molar-refractivity contribution in [2.24, 2.45) is 0 Å². The van der Waals surface area contributed by atoms with Gasteiger partial charge < -0.3 is 10.1 Å². The van der Waals surface area contributed by atoms with Crippen molar-refractivity contribution in [3.63, 3.8) is 0 Å². The van der Waals surface area contributed by atoms with Crippen LogP contribution in [-0.4, -0.2) is 49.8 Å². The topological polar surface area (TPSA) is 24.5 Å². The minimum Gasteiger partial charge on any atom is -0.379 e. The van der Waals surface area contributed by atoms with Crippen LogP contribution in [0.5, 0.6) is 0 Å². The summed E-state index contributed by atoms with van der Waals surface area (Å²) in [6.07, 6.45) is 2.69. The molecule has 17 heavy (non-hydrogen) atoms. The van der Waals surface area contributed by atoms with E-state index in [9.17, 15) is 0 Å². The monoisotopic (exact) mass is 244 g/mol. The number of nitrogens with one attached hydrogen (secondary N) is 1. The third kappa shape index (κ3) is 9.57. The van der Waals surface area contributed by atoms with Crippen LogP contribution in [0, 0.1) is 0 Å². The molecule has 1 N–H and O–H groups in total. The van der Waals surface area contributed by atoms with E-state index < -0.39 is 0 Å². The summed E-state index contributed by atoms with van der Waals surface area (Å²) in [5.74, 6) is 0. The van der Waals surface area contributed by atoms with E-state index in [-0.39, 0.29) is 0 Å². The average molecular weight is 244 g/mol. The molecule has 0 radical (unpaired) electrons. The average Bonchev–Trinajstić information content (AvgIpc) is 2.31. The molecule has 0 aromatic heterocycles. The molecule has 0 bridgehead atoms. The molecule has 1 atom stereocenters. The Kier molecular flexibility index (Phi) is 10.9. The summed E-state index contributed by atoms with van der Waals surface area (Å²) in [5, 5.41) is 3.48. The van der Waals surface area contributed by atoms with Crippen molar-refractivity contribution in [1.29, 1.82) is 0 Å². The van der Waals surface area contributed by atoms with Crippen LogP contribution in [0.25, 0.3) is 0 Å². The quantitative estimate of drug-likeness (QED) is 0.565. The zero-order valence-electron chi connectivity index (χ0n) is 12.5. The highest BCUT2D eigenvalue weighted by atomic mass is 16.5. The zero-order chi connectivity index (χ0) is 13.1. The van der Waals surface area contributed by atoms with E-state index >= 15 is 0 Å². The molecule has 0 spiro atoms. The van der Waals surface area contributed by atoms with Crippen LogP contribution in [0.15, 0.2) is 0 Å². The van der Waals surface area contributed by atoms with Gasteiger partial charge in [0.15, 0.2) is 0 Å². The lowest BCUT2D eigenvalue weighted by atomic mass is 10.2. The lowest BCUT2D eigenvalue weighted by Crippen LogP contribution is -2.38. The minimum absolute atomic E-state index is 0.357. The largest absolute Gasteiger partial charge is 0.379 e. The molecule has 0 aliphatic carbocycles. The van der Waals surface area contributed by atoms with Crippen molar-refractivity contribution in [2.45, 2.75) is 59.6 Å². The number of nitrogens with zero attached hydrogens (tertiary/aromatic N) is 1. The Bertz CT molecular complexity index is 162. The van der Waals surface area contributed by atoms with Gasteiger partial charge in [0, 0.05) is 25.7 Å². The van der Waals surface area contributed by atoms with Gasteiger partial charge in [-0.05, 0) is 46.7 Å². The second-order valence-corrected chi connectivity index (χ2v) is 4.91. The minimum atomic E-state index is 0.357. The summed E-state index contributed by atoms with van der Waals surface area (Å²) < 4.78 is 5.50. The molecular weight excluding hydrogens is 212 g/mol. The fraction of sp³-hybridized carbons (Fsp3) is 1.00. The normalized spacial score (nSPS) is 13.6. The first-order valence-electron chi connectivity index (χ1n) is 7.18. The van der Waals surface area contributed by atoms with Gasteiger partial charge in [-0.1, -0.05) is 13.8 Å². The van der Waals surface area contributed by atoms with Crippen molar-refractivity contribution in [2.75, 3.05) is 32.8 Å². The zero-order valence-corrected chi connectivity index (χ0v) is 12.5. The molecule has 0 rings (SSSR count). The molecule has 0 aromatic carbocycles. The van der Waals surface area contributed by atoms with Crippen LogP contribution in [0.2, 0.25) is 0 Å². The van der Waals surface area contributed by atoms with Crippen LogP contribution in [-0.2, 0) is 4.74 Å². The molecule has 1 unspecified atom stereocenters. The number of ether oxygens (including phenoxy) is 1. The standard InChI is InChI=1S/C14H32N2O/c1-6-14(5)16(7-2)11-10-15-9-8-12-17-13(3)4/h13-15H,6-12H2,1-5H3. The van der Waals surface area contributed by atoms with Gasteiger partial charge >= 0.3 is 0 Å². The Morgan fingerprint density at radius 1 is 1.12 bits per heavy atom. The summed E-state index contributed by atoms with van der Waals surface area (Å²) in [5.41, 5.74) is 0. The molecular formula is C14H32N2O. The van der Waals surface area contributed by atoms with Gasteiger partial charge in [0.25, 0.3) is 0 Å². The highest BCUT2D eigenvalue weighted by molar-refractivity contribution is 4.65. The van der Waals surface area contributed by atoms with Gasteiger partial charge in [0.1, 0.15) is 0 Å². The number of hydrogen-bond acceptors (Lipinski definition) is 3. The Balaban J connectivity index is 3.37. The third-order valence-electron chi connectivity index (χ3n) is 3.15. The predicted molar refractivity (Wildman–Crippen MR) is 75.6 cm³/mol. The molecule has 3 nitrogen and oxygen atoms in total. The van der Waals surface area contributed by atoms with Gasteiger partial charge in [-0.15, -0.1) is 0 Å². The molecule has 3 heteroatoms. The summed E-state index contributed by atoms with van der Waals surface area (Å²) >= 11 is 0. The fourth-order valence-electron chi connectivity index (χ4n) is 1.81. The first kappa shape index (κ1) is 16.9.